The second kappa shape index (κ2) is 5.49. The fraction of sp³-hybridized carbons (Fsp3) is 0.375. The fourth-order valence-corrected chi connectivity index (χ4v) is 2.79. The molecule has 0 aliphatic carbocycles. The molecular formula is C16H19N3O. The molecule has 0 radical (unpaired) electrons. The Morgan fingerprint density at radius 1 is 1.25 bits per heavy atom. The number of pyridine rings is 1. The first-order valence-electron chi connectivity index (χ1n) is 7.10. The molecule has 0 saturated carbocycles. The molecule has 0 spiro atoms. The number of hydrogen-bond donors (Lipinski definition) is 1. The van der Waals surface area contributed by atoms with Crippen molar-refractivity contribution in [2.24, 2.45) is 0 Å². The monoisotopic (exact) mass is 269 g/mol. The molecule has 1 aromatic carbocycles. The van der Waals surface area contributed by atoms with Gasteiger partial charge in [-0.1, -0.05) is 6.07 Å². The van der Waals surface area contributed by atoms with Gasteiger partial charge in [0, 0.05) is 43.3 Å². The van der Waals surface area contributed by atoms with Gasteiger partial charge in [-0.2, -0.15) is 0 Å². The van der Waals surface area contributed by atoms with E-state index in [1.807, 2.05) is 29.3 Å². The molecule has 0 atom stereocenters. The lowest BCUT2D eigenvalue weighted by Gasteiger charge is -2.32. The van der Waals surface area contributed by atoms with Crippen molar-refractivity contribution in [3.8, 4) is 0 Å². The van der Waals surface area contributed by atoms with Crippen molar-refractivity contribution in [3.05, 3.63) is 36.5 Å². The minimum absolute atomic E-state index is 0.179. The number of aromatic nitrogens is 1. The van der Waals surface area contributed by atoms with Crippen molar-refractivity contribution >= 4 is 22.5 Å². The van der Waals surface area contributed by atoms with E-state index in [4.69, 9.17) is 0 Å². The smallest absolute Gasteiger partial charge is 0.219 e. The van der Waals surface area contributed by atoms with Crippen LogP contribution in [0.1, 0.15) is 19.8 Å². The molecule has 2 heterocycles. The van der Waals surface area contributed by atoms with Crippen molar-refractivity contribution in [1.82, 2.24) is 9.88 Å². The molecule has 1 saturated heterocycles. The predicted octanol–water partition coefficient (Wildman–Crippen LogP) is 2.66. The van der Waals surface area contributed by atoms with Crippen molar-refractivity contribution in [3.63, 3.8) is 0 Å². The van der Waals surface area contributed by atoms with E-state index in [2.05, 4.69) is 22.4 Å². The lowest BCUT2D eigenvalue weighted by atomic mass is 10.0. The molecule has 0 unspecified atom stereocenters. The molecule has 2 aromatic rings. The average molecular weight is 269 g/mol. The lowest BCUT2D eigenvalue weighted by Crippen LogP contribution is -2.41. The third kappa shape index (κ3) is 2.59. The van der Waals surface area contributed by atoms with Crippen LogP contribution in [0.2, 0.25) is 0 Å². The topological polar surface area (TPSA) is 45.2 Å². The molecule has 0 bridgehead atoms. The molecule has 1 aromatic heterocycles. The molecule has 1 aliphatic rings. The minimum atomic E-state index is 0.179. The van der Waals surface area contributed by atoms with E-state index in [1.54, 1.807) is 6.92 Å². The van der Waals surface area contributed by atoms with Crippen LogP contribution in [-0.2, 0) is 4.79 Å². The van der Waals surface area contributed by atoms with Gasteiger partial charge in [-0.3, -0.25) is 9.78 Å². The molecule has 4 nitrogen and oxygen atoms in total. The summed E-state index contributed by atoms with van der Waals surface area (Å²) in [5.41, 5.74) is 2.15. The summed E-state index contributed by atoms with van der Waals surface area (Å²) in [5, 5.41) is 4.76. The maximum atomic E-state index is 11.3. The molecule has 104 valence electrons. The summed E-state index contributed by atoms with van der Waals surface area (Å²) in [7, 11) is 0. The van der Waals surface area contributed by atoms with Crippen molar-refractivity contribution < 1.29 is 4.79 Å². The summed E-state index contributed by atoms with van der Waals surface area (Å²) in [6.07, 6.45) is 3.81. The zero-order valence-electron chi connectivity index (χ0n) is 11.7. The van der Waals surface area contributed by atoms with Crippen molar-refractivity contribution in [2.45, 2.75) is 25.8 Å². The first-order valence-corrected chi connectivity index (χ1v) is 7.10. The van der Waals surface area contributed by atoms with Crippen molar-refractivity contribution in [2.75, 3.05) is 18.4 Å². The van der Waals surface area contributed by atoms with Crippen LogP contribution in [0, 0.1) is 0 Å². The fourth-order valence-electron chi connectivity index (χ4n) is 2.79. The van der Waals surface area contributed by atoms with Gasteiger partial charge in [-0.25, -0.2) is 0 Å². The molecule has 3 rings (SSSR count). The third-order valence-electron chi connectivity index (χ3n) is 3.95. The van der Waals surface area contributed by atoms with Crippen LogP contribution in [-0.4, -0.2) is 34.9 Å². The van der Waals surface area contributed by atoms with E-state index in [9.17, 15) is 4.79 Å². The van der Waals surface area contributed by atoms with E-state index in [0.29, 0.717) is 6.04 Å². The quantitative estimate of drug-likeness (QED) is 0.911. The van der Waals surface area contributed by atoms with Crippen LogP contribution >= 0.6 is 0 Å². The highest BCUT2D eigenvalue weighted by molar-refractivity contribution is 5.91. The van der Waals surface area contributed by atoms with Gasteiger partial charge in [-0.05, 0) is 37.1 Å². The standard InChI is InChI=1S/C16H19N3O/c1-12(20)19-10-7-13(8-11-19)18-16-6-2-5-15-14(16)4-3-9-17-15/h2-6,9,13,18H,7-8,10-11H2,1H3. The number of amides is 1. The Bertz CT molecular complexity index is 613. The van der Waals surface area contributed by atoms with Crippen LogP contribution < -0.4 is 5.32 Å². The summed E-state index contributed by atoms with van der Waals surface area (Å²) < 4.78 is 0. The summed E-state index contributed by atoms with van der Waals surface area (Å²) in [6, 6.07) is 10.6. The second-order valence-electron chi connectivity index (χ2n) is 5.30. The number of fused-ring (bicyclic) bond motifs is 1. The highest BCUT2D eigenvalue weighted by atomic mass is 16.2. The van der Waals surface area contributed by atoms with E-state index in [0.717, 1.165) is 42.5 Å². The number of nitrogens with zero attached hydrogens (tertiary/aromatic N) is 2. The Morgan fingerprint density at radius 3 is 2.80 bits per heavy atom. The number of likely N-dealkylation sites (tertiary alicyclic amines) is 1. The first kappa shape index (κ1) is 12.9. The number of nitrogens with one attached hydrogen (secondary N) is 1. The Labute approximate surface area is 118 Å². The summed E-state index contributed by atoms with van der Waals surface area (Å²) in [4.78, 5) is 17.6. The van der Waals surface area contributed by atoms with E-state index >= 15 is 0 Å². The second-order valence-corrected chi connectivity index (χ2v) is 5.30. The van der Waals surface area contributed by atoms with E-state index in [-0.39, 0.29) is 5.91 Å². The summed E-state index contributed by atoms with van der Waals surface area (Å²) in [6.45, 7) is 3.33. The van der Waals surface area contributed by atoms with Crippen LogP contribution in [0.15, 0.2) is 36.5 Å². The normalized spacial score (nSPS) is 16.4. The zero-order chi connectivity index (χ0) is 13.9. The number of hydrogen-bond acceptors (Lipinski definition) is 3. The number of rotatable bonds is 2. The SMILES string of the molecule is CC(=O)N1CCC(Nc2cccc3ncccc23)CC1. The number of carbonyl (C=O) groups is 1. The number of piperidine rings is 1. The van der Waals surface area contributed by atoms with Gasteiger partial charge in [0.25, 0.3) is 0 Å². The molecular weight excluding hydrogens is 250 g/mol. The predicted molar refractivity (Wildman–Crippen MR) is 80.6 cm³/mol. The van der Waals surface area contributed by atoms with Gasteiger partial charge in [0.05, 0.1) is 5.52 Å². The zero-order valence-corrected chi connectivity index (χ0v) is 11.7. The molecule has 1 N–H and O–H groups in total. The Kier molecular flexibility index (Phi) is 3.54. The van der Waals surface area contributed by atoms with Crippen LogP contribution in [0.3, 0.4) is 0 Å². The van der Waals surface area contributed by atoms with Crippen LogP contribution in [0.5, 0.6) is 0 Å². The molecule has 4 heteroatoms. The molecule has 1 aliphatic heterocycles. The highest BCUT2D eigenvalue weighted by Gasteiger charge is 2.20. The van der Waals surface area contributed by atoms with Gasteiger partial charge < -0.3 is 10.2 Å². The summed E-state index contributed by atoms with van der Waals surface area (Å²) >= 11 is 0. The van der Waals surface area contributed by atoms with Crippen molar-refractivity contribution in [1.29, 1.82) is 0 Å². The van der Waals surface area contributed by atoms with Gasteiger partial charge in [0.2, 0.25) is 5.91 Å². The summed E-state index contributed by atoms with van der Waals surface area (Å²) in [5.74, 6) is 0.179. The van der Waals surface area contributed by atoms with E-state index in [1.165, 1.54) is 0 Å². The average Bonchev–Trinajstić information content (AvgIpc) is 2.48. The highest BCUT2D eigenvalue weighted by Crippen LogP contribution is 2.24. The lowest BCUT2D eigenvalue weighted by molar-refractivity contribution is -0.129. The van der Waals surface area contributed by atoms with Gasteiger partial charge in [0.1, 0.15) is 0 Å². The third-order valence-corrected chi connectivity index (χ3v) is 3.95. The first-order chi connectivity index (χ1) is 9.74. The van der Waals surface area contributed by atoms with Gasteiger partial charge in [-0.15, -0.1) is 0 Å². The number of benzene rings is 1. The van der Waals surface area contributed by atoms with Gasteiger partial charge >= 0.3 is 0 Å². The maximum Gasteiger partial charge on any atom is 0.219 e. The van der Waals surface area contributed by atoms with Crippen LogP contribution in [0.25, 0.3) is 10.9 Å². The largest absolute Gasteiger partial charge is 0.382 e. The van der Waals surface area contributed by atoms with E-state index < -0.39 is 0 Å². The Balaban J connectivity index is 1.73. The number of anilines is 1. The molecule has 20 heavy (non-hydrogen) atoms. The number of carbonyl (C=O) groups excluding carboxylic acids is 1. The molecule has 1 amide bonds. The maximum absolute atomic E-state index is 11.3. The minimum Gasteiger partial charge on any atom is -0.382 e. The molecule has 1 fully saturated rings. The van der Waals surface area contributed by atoms with Gasteiger partial charge in [0.15, 0.2) is 0 Å². The Hall–Kier alpha value is -2.10. The Morgan fingerprint density at radius 2 is 2.05 bits per heavy atom. The van der Waals surface area contributed by atoms with Crippen LogP contribution in [0.4, 0.5) is 5.69 Å².